The van der Waals surface area contributed by atoms with Crippen LogP contribution in [-0.2, 0) is 4.74 Å². The van der Waals surface area contributed by atoms with Crippen LogP contribution in [0.1, 0.15) is 30.3 Å². The first-order valence-electron chi connectivity index (χ1n) is 4.42. The van der Waals surface area contributed by atoms with Crippen molar-refractivity contribution in [3.05, 3.63) is 30.1 Å². The van der Waals surface area contributed by atoms with Crippen LogP contribution in [0, 0.1) is 0 Å². The van der Waals surface area contributed by atoms with Crippen molar-refractivity contribution in [2.24, 2.45) is 0 Å². The fourth-order valence-corrected chi connectivity index (χ4v) is 0.867. The highest BCUT2D eigenvalue weighted by Gasteiger charge is 2.05. The maximum atomic E-state index is 11.2. The number of pyridine rings is 1. The highest BCUT2D eigenvalue weighted by atomic mass is 35.5. The third-order valence-corrected chi connectivity index (χ3v) is 1.61. The van der Waals surface area contributed by atoms with E-state index in [2.05, 4.69) is 11.9 Å². The summed E-state index contributed by atoms with van der Waals surface area (Å²) in [6, 6.07) is 5.18. The first-order valence-corrected chi connectivity index (χ1v) is 4.42. The van der Waals surface area contributed by atoms with Crippen molar-refractivity contribution in [1.29, 1.82) is 0 Å². The molecule has 3 nitrogen and oxygen atoms in total. The first kappa shape index (κ1) is 16.6. The summed E-state index contributed by atoms with van der Waals surface area (Å²) in [4.78, 5) is 15.1. The topological polar surface area (TPSA) is 39.2 Å². The normalized spacial score (nSPS) is 8.33. The van der Waals surface area contributed by atoms with Gasteiger partial charge in [-0.1, -0.05) is 19.4 Å². The Kier molecular flexibility index (Phi) is 10.8. The lowest BCUT2D eigenvalue weighted by molar-refractivity contribution is 0.0493. The second-order valence-electron chi connectivity index (χ2n) is 2.70. The summed E-state index contributed by atoms with van der Waals surface area (Å²) in [5.74, 6) is -0.339. The van der Waals surface area contributed by atoms with Gasteiger partial charge in [-0.25, -0.2) is 9.78 Å². The lowest BCUT2D eigenvalue weighted by atomic mass is 10.3. The van der Waals surface area contributed by atoms with Gasteiger partial charge >= 0.3 is 5.97 Å². The number of halogens is 2. The summed E-state index contributed by atoms with van der Waals surface area (Å²) < 4.78 is 4.97. The average Bonchev–Trinajstić information content (AvgIpc) is 2.19. The molecule has 0 aliphatic carbocycles. The molecule has 86 valence electrons. The van der Waals surface area contributed by atoms with Crippen LogP contribution in [0.3, 0.4) is 0 Å². The number of esters is 1. The summed E-state index contributed by atoms with van der Waals surface area (Å²) in [7, 11) is 0. The zero-order valence-corrected chi connectivity index (χ0v) is 10.1. The molecule has 0 atom stereocenters. The van der Waals surface area contributed by atoms with Crippen molar-refractivity contribution >= 4 is 30.8 Å². The number of aromatic nitrogens is 1. The van der Waals surface area contributed by atoms with Gasteiger partial charge in [-0.15, -0.1) is 24.8 Å². The first-order chi connectivity index (χ1) is 6.34. The van der Waals surface area contributed by atoms with E-state index in [1.807, 2.05) is 0 Å². The second kappa shape index (κ2) is 9.74. The maximum Gasteiger partial charge on any atom is 0.356 e. The quantitative estimate of drug-likeness (QED) is 0.611. The molecule has 1 heterocycles. The van der Waals surface area contributed by atoms with Gasteiger partial charge in [0.05, 0.1) is 6.61 Å². The Balaban J connectivity index is 0. The van der Waals surface area contributed by atoms with E-state index in [0.717, 1.165) is 12.8 Å². The highest BCUT2D eigenvalue weighted by Crippen LogP contribution is 1.97. The standard InChI is InChI=1S/C10H13NO2.2ClH/c1-2-3-8-13-10(12)9-6-4-5-7-11-9;;/h4-7H,2-3,8H2,1H3;2*1H. The van der Waals surface area contributed by atoms with Crippen LogP contribution in [0.4, 0.5) is 0 Å². The molecule has 0 bridgehead atoms. The minimum absolute atomic E-state index is 0. The fraction of sp³-hybridized carbons (Fsp3) is 0.400. The minimum atomic E-state index is -0.339. The molecule has 0 unspecified atom stereocenters. The van der Waals surface area contributed by atoms with Crippen LogP contribution in [0.5, 0.6) is 0 Å². The number of unbranched alkanes of at least 4 members (excludes halogenated alkanes) is 1. The summed E-state index contributed by atoms with van der Waals surface area (Å²) >= 11 is 0. The fourth-order valence-electron chi connectivity index (χ4n) is 0.867. The predicted octanol–water partition coefficient (Wildman–Crippen LogP) is 2.88. The molecule has 0 aliphatic rings. The molecule has 0 aromatic carbocycles. The zero-order valence-electron chi connectivity index (χ0n) is 8.51. The predicted molar refractivity (Wildman–Crippen MR) is 63.9 cm³/mol. The molecule has 0 N–H and O–H groups in total. The molecule has 1 aromatic heterocycles. The van der Waals surface area contributed by atoms with Crippen molar-refractivity contribution in [2.75, 3.05) is 6.61 Å². The van der Waals surface area contributed by atoms with Crippen molar-refractivity contribution in [2.45, 2.75) is 19.8 Å². The minimum Gasteiger partial charge on any atom is -0.461 e. The van der Waals surface area contributed by atoms with Gasteiger partial charge in [-0.05, 0) is 18.6 Å². The molecular weight excluding hydrogens is 237 g/mol. The lowest BCUT2D eigenvalue weighted by Gasteiger charge is -2.01. The zero-order chi connectivity index (χ0) is 9.52. The van der Waals surface area contributed by atoms with Gasteiger partial charge < -0.3 is 4.74 Å². The number of carbonyl (C=O) groups is 1. The Morgan fingerprint density at radius 2 is 2.13 bits per heavy atom. The third kappa shape index (κ3) is 6.31. The van der Waals surface area contributed by atoms with Crippen LogP contribution in [0.2, 0.25) is 0 Å². The van der Waals surface area contributed by atoms with Crippen molar-refractivity contribution < 1.29 is 9.53 Å². The smallest absolute Gasteiger partial charge is 0.356 e. The van der Waals surface area contributed by atoms with Gasteiger partial charge in [0, 0.05) is 6.20 Å². The average molecular weight is 252 g/mol. The summed E-state index contributed by atoms with van der Waals surface area (Å²) in [5.41, 5.74) is 0.374. The van der Waals surface area contributed by atoms with E-state index < -0.39 is 0 Å². The van der Waals surface area contributed by atoms with E-state index >= 15 is 0 Å². The molecule has 0 saturated heterocycles. The molecular formula is C10H15Cl2NO2. The molecule has 0 amide bonds. The van der Waals surface area contributed by atoms with E-state index in [1.165, 1.54) is 0 Å². The summed E-state index contributed by atoms with van der Waals surface area (Å²) in [5, 5.41) is 0. The number of rotatable bonds is 4. The van der Waals surface area contributed by atoms with E-state index in [4.69, 9.17) is 4.74 Å². The maximum absolute atomic E-state index is 11.2. The number of carbonyl (C=O) groups excluding carboxylic acids is 1. The van der Waals surface area contributed by atoms with E-state index in [0.29, 0.717) is 12.3 Å². The molecule has 0 fully saturated rings. The molecule has 0 saturated carbocycles. The number of hydrogen-bond acceptors (Lipinski definition) is 3. The van der Waals surface area contributed by atoms with E-state index in [-0.39, 0.29) is 30.8 Å². The van der Waals surface area contributed by atoms with Crippen molar-refractivity contribution in [3.63, 3.8) is 0 Å². The summed E-state index contributed by atoms with van der Waals surface area (Å²) in [6.45, 7) is 2.53. The van der Waals surface area contributed by atoms with Crippen LogP contribution in [0.15, 0.2) is 24.4 Å². The Morgan fingerprint density at radius 1 is 1.40 bits per heavy atom. The highest BCUT2D eigenvalue weighted by molar-refractivity contribution is 5.87. The molecule has 0 spiro atoms. The molecule has 0 radical (unpaired) electrons. The number of hydrogen-bond donors (Lipinski definition) is 0. The van der Waals surface area contributed by atoms with Crippen LogP contribution < -0.4 is 0 Å². The van der Waals surface area contributed by atoms with E-state index in [1.54, 1.807) is 24.4 Å². The Morgan fingerprint density at radius 3 is 2.67 bits per heavy atom. The Hall–Kier alpha value is -0.800. The molecule has 5 heteroatoms. The van der Waals surface area contributed by atoms with Gasteiger partial charge in [0.15, 0.2) is 0 Å². The number of nitrogens with zero attached hydrogens (tertiary/aromatic N) is 1. The molecule has 1 rings (SSSR count). The van der Waals surface area contributed by atoms with Gasteiger partial charge in [-0.3, -0.25) is 0 Å². The van der Waals surface area contributed by atoms with Gasteiger partial charge in [0.25, 0.3) is 0 Å². The van der Waals surface area contributed by atoms with Gasteiger partial charge in [-0.2, -0.15) is 0 Å². The van der Waals surface area contributed by atoms with Crippen molar-refractivity contribution in [3.8, 4) is 0 Å². The number of ether oxygens (including phenoxy) is 1. The van der Waals surface area contributed by atoms with Crippen LogP contribution in [0.25, 0.3) is 0 Å². The monoisotopic (exact) mass is 251 g/mol. The van der Waals surface area contributed by atoms with Crippen LogP contribution >= 0.6 is 24.8 Å². The molecule has 15 heavy (non-hydrogen) atoms. The van der Waals surface area contributed by atoms with Crippen LogP contribution in [-0.4, -0.2) is 17.6 Å². The van der Waals surface area contributed by atoms with Crippen molar-refractivity contribution in [1.82, 2.24) is 4.98 Å². The van der Waals surface area contributed by atoms with Gasteiger partial charge in [0.2, 0.25) is 0 Å². The second-order valence-corrected chi connectivity index (χ2v) is 2.70. The Labute approximate surface area is 102 Å². The molecule has 0 aliphatic heterocycles. The van der Waals surface area contributed by atoms with Gasteiger partial charge in [0.1, 0.15) is 5.69 Å². The third-order valence-electron chi connectivity index (χ3n) is 1.61. The van der Waals surface area contributed by atoms with E-state index in [9.17, 15) is 4.79 Å². The summed E-state index contributed by atoms with van der Waals surface area (Å²) in [6.07, 6.45) is 3.50. The lowest BCUT2D eigenvalue weighted by Crippen LogP contribution is -2.07. The Bertz CT molecular complexity index is 267. The SMILES string of the molecule is CCCCOC(=O)c1ccccn1.Cl.Cl. The largest absolute Gasteiger partial charge is 0.461 e. The molecule has 1 aromatic rings.